The molecule has 13 heteroatoms. The summed E-state index contributed by atoms with van der Waals surface area (Å²) in [7, 11) is -4.63. The van der Waals surface area contributed by atoms with Crippen LogP contribution in [0.2, 0.25) is 0 Å². The highest BCUT2D eigenvalue weighted by molar-refractivity contribution is 7.85. The van der Waals surface area contributed by atoms with Crippen LogP contribution in [0.5, 0.6) is 0 Å². The van der Waals surface area contributed by atoms with E-state index in [4.69, 9.17) is 4.55 Å². The third-order valence-corrected chi connectivity index (χ3v) is 3.82. The lowest BCUT2D eigenvalue weighted by Crippen LogP contribution is -2.10. The van der Waals surface area contributed by atoms with E-state index in [1.165, 1.54) is 12.1 Å². The average Bonchev–Trinajstić information content (AvgIpc) is 3.00. The monoisotopic (exact) mass is 389 g/mol. The summed E-state index contributed by atoms with van der Waals surface area (Å²) in [4.78, 5) is 3.40. The molecule has 0 atom stereocenters. The lowest BCUT2D eigenvalue weighted by molar-refractivity contribution is -0.144. The summed E-state index contributed by atoms with van der Waals surface area (Å²) in [6, 6.07) is 6.24. The van der Waals surface area contributed by atoms with Crippen molar-refractivity contribution in [1.29, 1.82) is 0 Å². The normalized spacial score (nSPS) is 12.3. The minimum Gasteiger partial charge on any atom is -0.281 e. The van der Waals surface area contributed by atoms with E-state index in [1.54, 1.807) is 0 Å². The zero-order chi connectivity index (χ0) is 19.1. The molecule has 2 aromatic heterocycles. The van der Waals surface area contributed by atoms with Gasteiger partial charge in [0.1, 0.15) is 5.82 Å². The summed E-state index contributed by atoms with van der Waals surface area (Å²) in [6.07, 6.45) is -4.86. The highest BCUT2D eigenvalue weighted by atomic mass is 32.2. The molecule has 0 aliphatic carbocycles. The van der Waals surface area contributed by atoms with Crippen LogP contribution >= 0.6 is 0 Å². The van der Waals surface area contributed by atoms with Gasteiger partial charge in [-0.1, -0.05) is 0 Å². The van der Waals surface area contributed by atoms with Gasteiger partial charge in [0.25, 0.3) is 5.82 Å². The van der Waals surface area contributed by atoms with E-state index < -0.39 is 33.0 Å². The van der Waals surface area contributed by atoms with E-state index in [9.17, 15) is 26.0 Å². The van der Waals surface area contributed by atoms with E-state index >= 15 is 0 Å². The molecule has 8 nitrogen and oxygen atoms in total. The van der Waals surface area contributed by atoms with Crippen molar-refractivity contribution in [1.82, 2.24) is 25.0 Å². The van der Waals surface area contributed by atoms with Crippen molar-refractivity contribution in [3.63, 3.8) is 0 Å². The Bertz CT molecular complexity index is 1050. The lowest BCUT2D eigenvalue weighted by atomic mass is 10.2. The van der Waals surface area contributed by atoms with Crippen molar-refractivity contribution in [3.05, 3.63) is 48.0 Å². The van der Waals surface area contributed by atoms with Crippen molar-refractivity contribution in [3.8, 4) is 17.2 Å². The summed E-state index contributed by atoms with van der Waals surface area (Å²) in [6.45, 7) is 0. The Morgan fingerprint density at radius 1 is 1.00 bits per heavy atom. The van der Waals surface area contributed by atoms with Crippen molar-refractivity contribution in [2.75, 3.05) is 0 Å². The molecule has 136 valence electrons. The third-order valence-electron chi connectivity index (χ3n) is 3.07. The van der Waals surface area contributed by atoms with Gasteiger partial charge in [-0.15, -0.1) is 15.3 Å². The topological polar surface area (TPSA) is 111 Å². The summed E-state index contributed by atoms with van der Waals surface area (Å²) < 4.78 is 83.4. The van der Waals surface area contributed by atoms with Crippen molar-refractivity contribution < 1.29 is 30.5 Å². The van der Waals surface area contributed by atoms with E-state index in [-0.39, 0.29) is 17.2 Å². The number of benzene rings is 1. The van der Waals surface area contributed by atoms with Gasteiger partial charge in [0.05, 0.1) is 0 Å². The first-order valence-corrected chi connectivity index (χ1v) is 8.11. The van der Waals surface area contributed by atoms with Gasteiger partial charge in [0.15, 0.2) is 11.6 Å². The first-order chi connectivity index (χ1) is 12.1. The zero-order valence-corrected chi connectivity index (χ0v) is 13.2. The molecule has 0 aliphatic heterocycles. The van der Waals surface area contributed by atoms with Crippen LogP contribution in [0, 0.1) is 5.82 Å². The number of halogens is 4. The van der Waals surface area contributed by atoms with Crippen LogP contribution in [-0.2, 0) is 16.3 Å². The molecule has 0 spiro atoms. The Labute approximate surface area is 142 Å². The quantitative estimate of drug-likeness (QED) is 0.540. The Morgan fingerprint density at radius 2 is 1.65 bits per heavy atom. The van der Waals surface area contributed by atoms with Crippen LogP contribution in [0.4, 0.5) is 17.6 Å². The number of rotatable bonds is 3. The molecule has 0 radical (unpaired) electrons. The predicted octanol–water partition coefficient (Wildman–Crippen LogP) is 2.13. The molecule has 1 N–H and O–H groups in total. The molecular weight excluding hydrogens is 382 g/mol. The standard InChI is InChI=1S/C13H7F4N5O3S/c14-8-3-1-7(2-4-8)11-18-12(13(15,16)17)21-22(11)9-5-6-10(20-19-9)26(23,24)25/h1-6H,(H,23,24,25). The van der Waals surface area contributed by atoms with Crippen LogP contribution in [0.25, 0.3) is 17.2 Å². The second-order valence-corrected chi connectivity index (χ2v) is 6.25. The zero-order valence-electron chi connectivity index (χ0n) is 12.4. The molecule has 0 saturated heterocycles. The van der Waals surface area contributed by atoms with Gasteiger partial charge >= 0.3 is 16.3 Å². The molecule has 0 bridgehead atoms. The van der Waals surface area contributed by atoms with Gasteiger partial charge < -0.3 is 0 Å². The fraction of sp³-hybridized carbons (Fsp3) is 0.0769. The van der Waals surface area contributed by atoms with Crippen molar-refractivity contribution in [2.45, 2.75) is 11.2 Å². The highest BCUT2D eigenvalue weighted by Gasteiger charge is 2.37. The molecule has 0 fully saturated rings. The number of nitrogens with zero attached hydrogens (tertiary/aromatic N) is 5. The van der Waals surface area contributed by atoms with Crippen LogP contribution in [-0.4, -0.2) is 37.9 Å². The minimum absolute atomic E-state index is 0.107. The molecule has 3 rings (SSSR count). The summed E-state index contributed by atoms with van der Waals surface area (Å²) in [5.74, 6) is -2.68. The second kappa shape index (κ2) is 6.10. The lowest BCUT2D eigenvalue weighted by Gasteiger charge is -2.05. The van der Waals surface area contributed by atoms with Crippen molar-refractivity contribution in [2.24, 2.45) is 0 Å². The van der Waals surface area contributed by atoms with E-state index in [0.717, 1.165) is 24.3 Å². The van der Waals surface area contributed by atoms with Gasteiger partial charge in [-0.3, -0.25) is 4.55 Å². The van der Waals surface area contributed by atoms with Gasteiger partial charge in [0.2, 0.25) is 5.03 Å². The van der Waals surface area contributed by atoms with Crippen LogP contribution in [0.3, 0.4) is 0 Å². The van der Waals surface area contributed by atoms with Gasteiger partial charge in [-0.25, -0.2) is 9.37 Å². The molecular formula is C13H7F4N5O3S. The SMILES string of the molecule is O=S(=O)(O)c1ccc(-n2nc(C(F)(F)F)nc2-c2ccc(F)cc2)nn1. The van der Waals surface area contributed by atoms with Crippen LogP contribution < -0.4 is 0 Å². The van der Waals surface area contributed by atoms with Crippen molar-refractivity contribution >= 4 is 10.1 Å². The van der Waals surface area contributed by atoms with Crippen LogP contribution in [0.15, 0.2) is 41.4 Å². The van der Waals surface area contributed by atoms with E-state index in [1.807, 2.05) is 0 Å². The summed E-state index contributed by atoms with van der Waals surface area (Å²) in [5.41, 5.74) is 0.107. The molecule has 0 aliphatic rings. The number of alkyl halides is 3. The van der Waals surface area contributed by atoms with Gasteiger partial charge in [0, 0.05) is 5.56 Å². The molecule has 3 aromatic rings. The number of hydrogen-bond acceptors (Lipinski definition) is 6. The first kappa shape index (κ1) is 17.9. The Balaban J connectivity index is 2.16. The predicted molar refractivity (Wildman–Crippen MR) is 77.2 cm³/mol. The largest absolute Gasteiger partial charge is 0.453 e. The molecule has 26 heavy (non-hydrogen) atoms. The maximum atomic E-state index is 13.1. The maximum absolute atomic E-state index is 13.1. The van der Waals surface area contributed by atoms with Gasteiger partial charge in [-0.2, -0.15) is 26.3 Å². The first-order valence-electron chi connectivity index (χ1n) is 6.67. The average molecular weight is 389 g/mol. The number of aromatic nitrogens is 5. The van der Waals surface area contributed by atoms with E-state index in [0.29, 0.717) is 4.68 Å². The van der Waals surface area contributed by atoms with Gasteiger partial charge in [-0.05, 0) is 36.4 Å². The Morgan fingerprint density at radius 3 is 2.15 bits per heavy atom. The molecule has 0 unspecified atom stereocenters. The van der Waals surface area contributed by atoms with E-state index in [2.05, 4.69) is 20.3 Å². The second-order valence-electron chi connectivity index (χ2n) is 4.88. The molecule has 2 heterocycles. The smallest absolute Gasteiger partial charge is 0.281 e. The Hall–Kier alpha value is -2.93. The molecule has 0 amide bonds. The molecule has 0 saturated carbocycles. The maximum Gasteiger partial charge on any atom is 0.453 e. The summed E-state index contributed by atoms with van der Waals surface area (Å²) in [5, 5.41) is 9.20. The third kappa shape index (κ3) is 3.52. The minimum atomic E-state index is -4.86. The van der Waals surface area contributed by atoms with Crippen LogP contribution in [0.1, 0.15) is 5.82 Å². The Kier molecular flexibility index (Phi) is 4.20. The molecule has 1 aromatic carbocycles. The highest BCUT2D eigenvalue weighted by Crippen LogP contribution is 2.30. The fourth-order valence-corrected chi connectivity index (χ4v) is 2.33. The number of hydrogen-bond donors (Lipinski definition) is 1. The fourth-order valence-electron chi connectivity index (χ4n) is 1.94. The summed E-state index contributed by atoms with van der Waals surface area (Å²) >= 11 is 0.